The Morgan fingerprint density at radius 2 is 1.88 bits per heavy atom. The molecule has 1 amide bonds. The third kappa shape index (κ3) is 4.95. The first-order valence-electron chi connectivity index (χ1n) is 9.45. The molecule has 3 rings (SSSR count). The van der Waals surface area contributed by atoms with Crippen LogP contribution in [0.2, 0.25) is 0 Å². The van der Waals surface area contributed by atoms with Crippen molar-refractivity contribution < 1.29 is 14.6 Å². The van der Waals surface area contributed by atoms with Crippen molar-refractivity contribution in [2.75, 3.05) is 39.3 Å². The maximum Gasteiger partial charge on any atom is 0.225 e. The van der Waals surface area contributed by atoms with Gasteiger partial charge in [0.15, 0.2) is 0 Å². The van der Waals surface area contributed by atoms with Crippen molar-refractivity contribution in [3.05, 3.63) is 29.8 Å². The maximum atomic E-state index is 12.1. The number of amides is 1. The van der Waals surface area contributed by atoms with Crippen LogP contribution in [-0.4, -0.2) is 66.2 Å². The highest BCUT2D eigenvalue weighted by Crippen LogP contribution is 2.31. The Balaban J connectivity index is 1.41. The fraction of sp³-hybridized carbons (Fsp3) is 0.650. The predicted molar refractivity (Wildman–Crippen MR) is 97.8 cm³/mol. The van der Waals surface area contributed by atoms with Crippen LogP contribution >= 0.6 is 0 Å². The van der Waals surface area contributed by atoms with Crippen LogP contribution in [0.5, 0.6) is 5.75 Å². The fourth-order valence-corrected chi connectivity index (χ4v) is 3.36. The number of piperazine rings is 1. The SMILES string of the molecule is CC(C)c1ccccc1OC[C@H](O)CN1CCN(C(=O)C2CC2)CC1. The highest BCUT2D eigenvalue weighted by Gasteiger charge is 2.34. The smallest absolute Gasteiger partial charge is 0.225 e. The highest BCUT2D eigenvalue weighted by atomic mass is 16.5. The molecule has 0 bridgehead atoms. The number of nitrogens with zero attached hydrogens (tertiary/aromatic N) is 2. The number of carbonyl (C=O) groups is 1. The van der Waals surface area contributed by atoms with E-state index in [1.54, 1.807) is 0 Å². The second kappa shape index (κ2) is 8.19. The topological polar surface area (TPSA) is 53.0 Å². The summed E-state index contributed by atoms with van der Waals surface area (Å²) >= 11 is 0. The number of hydrogen-bond acceptors (Lipinski definition) is 4. The van der Waals surface area contributed by atoms with E-state index in [0.717, 1.165) is 44.8 Å². The first-order valence-corrected chi connectivity index (χ1v) is 9.45. The van der Waals surface area contributed by atoms with Crippen LogP contribution in [-0.2, 0) is 4.79 Å². The van der Waals surface area contributed by atoms with Crippen LogP contribution in [0.1, 0.15) is 38.2 Å². The Bertz CT molecular complexity index is 578. The average Bonchev–Trinajstić information content (AvgIpc) is 3.45. The third-order valence-electron chi connectivity index (χ3n) is 5.05. The van der Waals surface area contributed by atoms with Gasteiger partial charge in [0.25, 0.3) is 0 Å². The molecule has 5 heteroatoms. The van der Waals surface area contributed by atoms with Gasteiger partial charge in [0.05, 0.1) is 0 Å². The lowest BCUT2D eigenvalue weighted by Gasteiger charge is -2.35. The molecule has 1 heterocycles. The van der Waals surface area contributed by atoms with E-state index in [1.807, 2.05) is 23.1 Å². The molecular weight excluding hydrogens is 316 g/mol. The molecule has 25 heavy (non-hydrogen) atoms. The lowest BCUT2D eigenvalue weighted by molar-refractivity contribution is -0.134. The van der Waals surface area contributed by atoms with Gasteiger partial charge < -0.3 is 14.7 Å². The quantitative estimate of drug-likeness (QED) is 0.821. The number of ether oxygens (including phenoxy) is 1. The summed E-state index contributed by atoms with van der Waals surface area (Å²) in [6.07, 6.45) is 1.60. The molecule has 1 aliphatic carbocycles. The number of hydrogen-bond donors (Lipinski definition) is 1. The van der Waals surface area contributed by atoms with Gasteiger partial charge in [0.2, 0.25) is 5.91 Å². The van der Waals surface area contributed by atoms with Gasteiger partial charge in [0, 0.05) is 38.6 Å². The number of aliphatic hydroxyl groups excluding tert-OH is 1. The molecule has 1 saturated heterocycles. The van der Waals surface area contributed by atoms with Gasteiger partial charge in [-0.25, -0.2) is 0 Å². The van der Waals surface area contributed by atoms with Crippen LogP contribution in [0.4, 0.5) is 0 Å². The third-order valence-corrected chi connectivity index (χ3v) is 5.05. The van der Waals surface area contributed by atoms with Gasteiger partial charge >= 0.3 is 0 Å². The van der Waals surface area contributed by atoms with Crippen LogP contribution in [0.3, 0.4) is 0 Å². The first-order chi connectivity index (χ1) is 12.0. The Morgan fingerprint density at radius 1 is 1.20 bits per heavy atom. The monoisotopic (exact) mass is 346 g/mol. The summed E-state index contributed by atoms with van der Waals surface area (Å²) in [4.78, 5) is 16.3. The summed E-state index contributed by atoms with van der Waals surface area (Å²) in [6, 6.07) is 8.01. The second-order valence-electron chi connectivity index (χ2n) is 7.56. The van der Waals surface area contributed by atoms with E-state index in [0.29, 0.717) is 30.9 Å². The Labute approximate surface area is 150 Å². The van der Waals surface area contributed by atoms with Crippen LogP contribution < -0.4 is 4.74 Å². The zero-order chi connectivity index (χ0) is 17.8. The average molecular weight is 346 g/mol. The molecule has 138 valence electrons. The van der Waals surface area contributed by atoms with Crippen LogP contribution in [0.15, 0.2) is 24.3 Å². The molecule has 1 atom stereocenters. The van der Waals surface area contributed by atoms with Crippen molar-refractivity contribution in [3.8, 4) is 5.75 Å². The zero-order valence-electron chi connectivity index (χ0n) is 15.4. The lowest BCUT2D eigenvalue weighted by Crippen LogP contribution is -2.51. The molecule has 0 aromatic heterocycles. The van der Waals surface area contributed by atoms with Gasteiger partial charge in [-0.1, -0.05) is 32.0 Å². The van der Waals surface area contributed by atoms with E-state index >= 15 is 0 Å². The number of para-hydroxylation sites is 1. The van der Waals surface area contributed by atoms with Gasteiger partial charge in [-0.2, -0.15) is 0 Å². The van der Waals surface area contributed by atoms with E-state index in [2.05, 4.69) is 24.8 Å². The molecule has 1 saturated carbocycles. The van der Waals surface area contributed by atoms with E-state index in [4.69, 9.17) is 4.74 Å². The molecule has 1 aliphatic heterocycles. The molecule has 0 radical (unpaired) electrons. The van der Waals surface area contributed by atoms with Crippen molar-refractivity contribution in [1.29, 1.82) is 0 Å². The summed E-state index contributed by atoms with van der Waals surface area (Å²) in [5, 5.41) is 10.3. The summed E-state index contributed by atoms with van der Waals surface area (Å²) in [5.41, 5.74) is 1.17. The lowest BCUT2D eigenvalue weighted by atomic mass is 10.0. The molecule has 0 spiro atoms. The van der Waals surface area contributed by atoms with Crippen LogP contribution in [0.25, 0.3) is 0 Å². The number of rotatable bonds is 7. The highest BCUT2D eigenvalue weighted by molar-refractivity contribution is 5.81. The van der Waals surface area contributed by atoms with Crippen molar-refractivity contribution >= 4 is 5.91 Å². The van der Waals surface area contributed by atoms with E-state index in [-0.39, 0.29) is 0 Å². The normalized spacial score (nSPS) is 19.9. The minimum Gasteiger partial charge on any atom is -0.491 e. The van der Waals surface area contributed by atoms with Gasteiger partial charge in [-0.3, -0.25) is 9.69 Å². The van der Waals surface area contributed by atoms with E-state index in [1.165, 1.54) is 5.56 Å². The second-order valence-corrected chi connectivity index (χ2v) is 7.56. The standard InChI is InChI=1S/C20H30N2O3/c1-15(2)18-5-3-4-6-19(18)25-14-17(23)13-21-9-11-22(12-10-21)20(24)16-7-8-16/h3-6,15-17,23H,7-14H2,1-2H3/t17-/m1/s1. The Hall–Kier alpha value is -1.59. The molecule has 1 aromatic rings. The molecule has 2 fully saturated rings. The molecule has 1 N–H and O–H groups in total. The molecule has 0 unspecified atom stereocenters. The molecule has 1 aromatic carbocycles. The summed E-state index contributed by atoms with van der Waals surface area (Å²) in [6.45, 7) is 8.39. The summed E-state index contributed by atoms with van der Waals surface area (Å²) < 4.78 is 5.86. The summed E-state index contributed by atoms with van der Waals surface area (Å²) in [7, 11) is 0. The van der Waals surface area contributed by atoms with Crippen molar-refractivity contribution in [2.45, 2.75) is 38.7 Å². The van der Waals surface area contributed by atoms with Gasteiger partial charge in [-0.15, -0.1) is 0 Å². The maximum absolute atomic E-state index is 12.1. The van der Waals surface area contributed by atoms with E-state index < -0.39 is 6.10 Å². The number of carbonyl (C=O) groups excluding carboxylic acids is 1. The number of β-amino-alcohol motifs (C(OH)–C–C–N with tert-alkyl or cyclic N) is 1. The largest absolute Gasteiger partial charge is 0.491 e. The van der Waals surface area contributed by atoms with Gasteiger partial charge in [-0.05, 0) is 30.4 Å². The Kier molecular flexibility index (Phi) is 5.97. The van der Waals surface area contributed by atoms with Crippen molar-refractivity contribution in [2.24, 2.45) is 5.92 Å². The molecular formula is C20H30N2O3. The van der Waals surface area contributed by atoms with Crippen LogP contribution in [0, 0.1) is 5.92 Å². The van der Waals surface area contributed by atoms with Crippen molar-refractivity contribution in [1.82, 2.24) is 9.80 Å². The van der Waals surface area contributed by atoms with Gasteiger partial charge in [0.1, 0.15) is 18.5 Å². The first kappa shape index (κ1) is 18.2. The van der Waals surface area contributed by atoms with Crippen molar-refractivity contribution in [3.63, 3.8) is 0 Å². The Morgan fingerprint density at radius 3 is 2.52 bits per heavy atom. The molecule has 2 aliphatic rings. The molecule has 5 nitrogen and oxygen atoms in total. The van der Waals surface area contributed by atoms with E-state index in [9.17, 15) is 9.90 Å². The summed E-state index contributed by atoms with van der Waals surface area (Å²) in [5.74, 6) is 1.88. The number of benzene rings is 1. The fourth-order valence-electron chi connectivity index (χ4n) is 3.36. The minimum atomic E-state index is -0.522. The zero-order valence-corrected chi connectivity index (χ0v) is 15.4. The minimum absolute atomic E-state index is 0.297. The number of aliphatic hydroxyl groups is 1. The predicted octanol–water partition coefficient (Wildman–Crippen LogP) is 2.10.